The third-order valence-corrected chi connectivity index (χ3v) is 3.84. The maximum Gasteiger partial charge on any atom is 0.223 e. The average Bonchev–Trinajstić information content (AvgIpc) is 2.97. The minimum atomic E-state index is 0.326. The summed E-state index contributed by atoms with van der Waals surface area (Å²) < 4.78 is 5.00. The summed E-state index contributed by atoms with van der Waals surface area (Å²) in [5, 5.41) is 3.95. The van der Waals surface area contributed by atoms with E-state index in [0.717, 1.165) is 25.3 Å². The van der Waals surface area contributed by atoms with Crippen molar-refractivity contribution >= 4 is 0 Å². The van der Waals surface area contributed by atoms with Crippen LogP contribution in [-0.2, 0) is 6.42 Å². The van der Waals surface area contributed by atoms with Gasteiger partial charge in [0.25, 0.3) is 0 Å². The molecule has 0 unspecified atom stereocenters. The average molecular weight is 280 g/mol. The number of hydrogen-bond acceptors (Lipinski definition) is 5. The number of nitrogens with zero attached hydrogens (tertiary/aromatic N) is 4. The van der Waals surface area contributed by atoms with E-state index >= 15 is 0 Å². The van der Waals surface area contributed by atoms with Gasteiger partial charge in [-0.15, -0.1) is 0 Å². The van der Waals surface area contributed by atoms with Crippen LogP contribution < -0.4 is 0 Å². The standard InChI is InChI=1S/C15H28N4O/c1-13-16-14(17-20-13)7-10-18(4)11-15(2,3)12-19-8-5-6-9-19/h5-12H2,1-4H3. The van der Waals surface area contributed by atoms with Crippen LogP contribution in [0.1, 0.15) is 38.4 Å². The molecule has 0 amide bonds. The molecule has 0 radical (unpaired) electrons. The normalized spacial score (nSPS) is 17.2. The van der Waals surface area contributed by atoms with Crippen LogP contribution in [0.25, 0.3) is 0 Å². The lowest BCUT2D eigenvalue weighted by molar-refractivity contribution is 0.150. The van der Waals surface area contributed by atoms with Gasteiger partial charge < -0.3 is 14.3 Å². The molecule has 1 fully saturated rings. The number of aromatic nitrogens is 2. The van der Waals surface area contributed by atoms with E-state index in [4.69, 9.17) is 4.52 Å². The van der Waals surface area contributed by atoms with E-state index in [1.165, 1.54) is 32.5 Å². The molecule has 1 saturated heterocycles. The SMILES string of the molecule is Cc1nc(CCN(C)CC(C)(C)CN2CCCC2)no1. The molecule has 0 bridgehead atoms. The summed E-state index contributed by atoms with van der Waals surface area (Å²) in [4.78, 5) is 9.22. The van der Waals surface area contributed by atoms with Crippen LogP contribution in [0.2, 0.25) is 0 Å². The molecule has 114 valence electrons. The first-order chi connectivity index (χ1) is 9.44. The van der Waals surface area contributed by atoms with Gasteiger partial charge in [0, 0.05) is 33.0 Å². The molecule has 1 aromatic rings. The van der Waals surface area contributed by atoms with Crippen molar-refractivity contribution in [2.75, 3.05) is 39.8 Å². The van der Waals surface area contributed by atoms with Crippen LogP contribution >= 0.6 is 0 Å². The van der Waals surface area contributed by atoms with E-state index in [-0.39, 0.29) is 0 Å². The van der Waals surface area contributed by atoms with Crippen LogP contribution in [0.4, 0.5) is 0 Å². The van der Waals surface area contributed by atoms with E-state index in [0.29, 0.717) is 11.3 Å². The van der Waals surface area contributed by atoms with Crippen LogP contribution in [0.5, 0.6) is 0 Å². The van der Waals surface area contributed by atoms with Gasteiger partial charge in [-0.05, 0) is 38.4 Å². The molecule has 2 rings (SSSR count). The van der Waals surface area contributed by atoms with E-state index in [1.807, 2.05) is 6.92 Å². The number of rotatable bonds is 7. The molecule has 5 nitrogen and oxygen atoms in total. The van der Waals surface area contributed by atoms with Crippen LogP contribution in [0.15, 0.2) is 4.52 Å². The Morgan fingerprint density at radius 2 is 2.00 bits per heavy atom. The number of hydrogen-bond donors (Lipinski definition) is 0. The van der Waals surface area contributed by atoms with Gasteiger partial charge in [0.1, 0.15) is 0 Å². The molecule has 1 aromatic heterocycles. The monoisotopic (exact) mass is 280 g/mol. The van der Waals surface area contributed by atoms with E-state index in [9.17, 15) is 0 Å². The molecule has 0 N–H and O–H groups in total. The fourth-order valence-electron chi connectivity index (χ4n) is 3.14. The first-order valence-corrected chi connectivity index (χ1v) is 7.65. The molecule has 1 aliphatic rings. The minimum absolute atomic E-state index is 0.326. The van der Waals surface area contributed by atoms with Crippen molar-refractivity contribution in [3.63, 3.8) is 0 Å². The fraction of sp³-hybridized carbons (Fsp3) is 0.867. The zero-order valence-corrected chi connectivity index (χ0v) is 13.4. The smallest absolute Gasteiger partial charge is 0.223 e. The topological polar surface area (TPSA) is 45.4 Å². The minimum Gasteiger partial charge on any atom is -0.340 e. The van der Waals surface area contributed by atoms with E-state index in [2.05, 4.69) is 40.8 Å². The molecular formula is C15H28N4O. The van der Waals surface area contributed by atoms with Gasteiger partial charge in [-0.1, -0.05) is 19.0 Å². The van der Waals surface area contributed by atoms with Gasteiger partial charge in [-0.25, -0.2) is 0 Å². The largest absolute Gasteiger partial charge is 0.340 e. The molecule has 1 aliphatic heterocycles. The Kier molecular flexibility index (Phi) is 5.16. The lowest BCUT2D eigenvalue weighted by atomic mass is 9.92. The molecule has 20 heavy (non-hydrogen) atoms. The highest BCUT2D eigenvalue weighted by Crippen LogP contribution is 2.21. The van der Waals surface area contributed by atoms with Crippen molar-refractivity contribution in [2.45, 2.75) is 40.0 Å². The molecule has 0 atom stereocenters. The summed E-state index contributed by atoms with van der Waals surface area (Å²) in [6.07, 6.45) is 3.58. The lowest BCUT2D eigenvalue weighted by Crippen LogP contribution is -2.40. The third-order valence-electron chi connectivity index (χ3n) is 3.84. The predicted molar refractivity (Wildman–Crippen MR) is 79.7 cm³/mol. The summed E-state index contributed by atoms with van der Waals surface area (Å²) in [5.74, 6) is 1.46. The Hall–Kier alpha value is -0.940. The zero-order valence-electron chi connectivity index (χ0n) is 13.4. The van der Waals surface area contributed by atoms with Crippen molar-refractivity contribution in [1.29, 1.82) is 0 Å². The molecule has 0 aliphatic carbocycles. The summed E-state index contributed by atoms with van der Waals surface area (Å²) in [5.41, 5.74) is 0.326. The Labute approximate surface area is 122 Å². The molecule has 0 aromatic carbocycles. The van der Waals surface area contributed by atoms with Gasteiger partial charge in [0.2, 0.25) is 5.89 Å². The van der Waals surface area contributed by atoms with Crippen molar-refractivity contribution < 1.29 is 4.52 Å². The van der Waals surface area contributed by atoms with Crippen LogP contribution in [-0.4, -0.2) is 59.7 Å². The first-order valence-electron chi connectivity index (χ1n) is 7.65. The maximum atomic E-state index is 5.00. The molecule has 0 spiro atoms. The van der Waals surface area contributed by atoms with Crippen LogP contribution in [0, 0.1) is 12.3 Å². The molecule has 5 heteroatoms. The lowest BCUT2D eigenvalue weighted by Gasteiger charge is -2.33. The van der Waals surface area contributed by atoms with Crippen molar-refractivity contribution in [2.24, 2.45) is 5.41 Å². The quantitative estimate of drug-likeness (QED) is 0.764. The third kappa shape index (κ3) is 4.87. The Morgan fingerprint density at radius 3 is 2.60 bits per heavy atom. The van der Waals surface area contributed by atoms with Gasteiger partial charge in [-0.2, -0.15) is 4.98 Å². The van der Waals surface area contributed by atoms with Gasteiger partial charge in [0.05, 0.1) is 0 Å². The van der Waals surface area contributed by atoms with Crippen LogP contribution in [0.3, 0.4) is 0 Å². The second kappa shape index (κ2) is 6.68. The highest BCUT2D eigenvalue weighted by molar-refractivity contribution is 4.86. The highest BCUT2D eigenvalue weighted by atomic mass is 16.5. The highest BCUT2D eigenvalue weighted by Gasteiger charge is 2.25. The maximum absolute atomic E-state index is 5.00. The Bertz CT molecular complexity index is 410. The molecular weight excluding hydrogens is 252 g/mol. The fourth-order valence-corrected chi connectivity index (χ4v) is 3.14. The zero-order chi connectivity index (χ0) is 14.6. The summed E-state index contributed by atoms with van der Waals surface area (Å²) >= 11 is 0. The number of likely N-dealkylation sites (N-methyl/N-ethyl adjacent to an activating group) is 1. The van der Waals surface area contributed by atoms with Gasteiger partial charge >= 0.3 is 0 Å². The second-order valence-electron chi connectivity index (χ2n) is 6.86. The second-order valence-corrected chi connectivity index (χ2v) is 6.86. The van der Waals surface area contributed by atoms with Crippen molar-refractivity contribution in [3.8, 4) is 0 Å². The van der Waals surface area contributed by atoms with E-state index < -0.39 is 0 Å². The summed E-state index contributed by atoms with van der Waals surface area (Å²) in [6, 6.07) is 0. The van der Waals surface area contributed by atoms with E-state index in [1.54, 1.807) is 0 Å². The summed E-state index contributed by atoms with van der Waals surface area (Å²) in [7, 11) is 2.18. The van der Waals surface area contributed by atoms with Crippen molar-refractivity contribution in [1.82, 2.24) is 19.9 Å². The molecule has 0 saturated carbocycles. The molecule has 2 heterocycles. The van der Waals surface area contributed by atoms with Gasteiger partial charge in [-0.3, -0.25) is 0 Å². The summed E-state index contributed by atoms with van der Waals surface area (Å²) in [6.45, 7) is 12.4. The number of aryl methyl sites for hydroxylation is 1. The van der Waals surface area contributed by atoms with Gasteiger partial charge in [0.15, 0.2) is 5.82 Å². The number of likely N-dealkylation sites (tertiary alicyclic amines) is 1. The Balaban J connectivity index is 1.73. The van der Waals surface area contributed by atoms with Crippen molar-refractivity contribution in [3.05, 3.63) is 11.7 Å². The first kappa shape index (κ1) is 15.4. The Morgan fingerprint density at radius 1 is 1.30 bits per heavy atom. The predicted octanol–water partition coefficient (Wildman–Crippen LogP) is 1.97.